The highest BCUT2D eigenvalue weighted by Gasteiger charge is 2.09. The van der Waals surface area contributed by atoms with Crippen molar-refractivity contribution in [2.24, 2.45) is 0 Å². The molecule has 2 aromatic heterocycles. The van der Waals surface area contributed by atoms with E-state index >= 15 is 0 Å². The summed E-state index contributed by atoms with van der Waals surface area (Å²) in [5.74, 6) is 0.523. The molecule has 0 saturated heterocycles. The van der Waals surface area contributed by atoms with Gasteiger partial charge < -0.3 is 10.2 Å². The Morgan fingerprint density at radius 3 is 2.65 bits per heavy atom. The molecule has 0 unspecified atom stereocenters. The van der Waals surface area contributed by atoms with E-state index in [1.165, 1.54) is 35.2 Å². The minimum absolute atomic E-state index is 0.523. The Bertz CT molecular complexity index is 682. The molecule has 1 N–H and O–H groups in total. The number of nitrogens with one attached hydrogen (secondary N) is 1. The van der Waals surface area contributed by atoms with Crippen LogP contribution < -0.4 is 5.32 Å². The van der Waals surface area contributed by atoms with Gasteiger partial charge in [-0.2, -0.15) is 0 Å². The SMILES string of the molecule is Cc1cnc(CNCCCCN(C)Cc2ncccc2C(C)C)c(C)c1. The van der Waals surface area contributed by atoms with Crippen LogP contribution in [0.1, 0.15) is 60.7 Å². The van der Waals surface area contributed by atoms with Gasteiger partial charge in [0.1, 0.15) is 0 Å². The summed E-state index contributed by atoms with van der Waals surface area (Å²) in [6, 6.07) is 6.43. The molecule has 0 atom stereocenters. The summed E-state index contributed by atoms with van der Waals surface area (Å²) in [7, 11) is 2.19. The molecule has 26 heavy (non-hydrogen) atoms. The smallest absolute Gasteiger partial charge is 0.0578 e. The average molecular weight is 355 g/mol. The predicted molar refractivity (Wildman–Crippen MR) is 109 cm³/mol. The molecule has 0 fully saturated rings. The highest BCUT2D eigenvalue weighted by molar-refractivity contribution is 5.23. The number of rotatable bonds is 10. The normalized spacial score (nSPS) is 11.5. The van der Waals surface area contributed by atoms with Crippen molar-refractivity contribution in [3.63, 3.8) is 0 Å². The number of hydrogen-bond donors (Lipinski definition) is 1. The molecule has 0 bridgehead atoms. The summed E-state index contributed by atoms with van der Waals surface area (Å²) in [5, 5.41) is 3.52. The summed E-state index contributed by atoms with van der Waals surface area (Å²) in [5.41, 5.74) is 6.23. The molecular weight excluding hydrogens is 320 g/mol. The first-order valence-corrected chi connectivity index (χ1v) is 9.72. The van der Waals surface area contributed by atoms with Crippen LogP contribution >= 0.6 is 0 Å². The monoisotopic (exact) mass is 354 g/mol. The first kappa shape index (κ1) is 20.5. The molecule has 0 radical (unpaired) electrons. The zero-order chi connectivity index (χ0) is 18.9. The largest absolute Gasteiger partial charge is 0.311 e. The first-order valence-electron chi connectivity index (χ1n) is 9.72. The second-order valence-corrected chi connectivity index (χ2v) is 7.59. The maximum Gasteiger partial charge on any atom is 0.0578 e. The third kappa shape index (κ3) is 6.50. The fourth-order valence-corrected chi connectivity index (χ4v) is 3.21. The van der Waals surface area contributed by atoms with Gasteiger partial charge in [0.15, 0.2) is 0 Å². The van der Waals surface area contributed by atoms with Gasteiger partial charge in [-0.15, -0.1) is 0 Å². The Labute approximate surface area is 159 Å². The lowest BCUT2D eigenvalue weighted by Crippen LogP contribution is -2.22. The maximum atomic E-state index is 4.58. The van der Waals surface area contributed by atoms with Gasteiger partial charge in [-0.25, -0.2) is 0 Å². The van der Waals surface area contributed by atoms with Gasteiger partial charge in [0.2, 0.25) is 0 Å². The van der Waals surface area contributed by atoms with E-state index in [4.69, 9.17) is 0 Å². The molecule has 0 saturated carbocycles. The maximum absolute atomic E-state index is 4.58. The number of nitrogens with zero attached hydrogens (tertiary/aromatic N) is 3. The van der Waals surface area contributed by atoms with Crippen molar-refractivity contribution in [2.75, 3.05) is 20.1 Å². The van der Waals surface area contributed by atoms with Crippen molar-refractivity contribution < 1.29 is 0 Å². The van der Waals surface area contributed by atoms with E-state index in [9.17, 15) is 0 Å². The first-order chi connectivity index (χ1) is 12.5. The van der Waals surface area contributed by atoms with Crippen molar-refractivity contribution in [2.45, 2.75) is 59.5 Å². The van der Waals surface area contributed by atoms with Crippen LogP contribution in [0.25, 0.3) is 0 Å². The second-order valence-electron chi connectivity index (χ2n) is 7.59. The molecule has 2 aromatic rings. The van der Waals surface area contributed by atoms with E-state index in [1.807, 2.05) is 18.5 Å². The summed E-state index contributed by atoms with van der Waals surface area (Å²) in [6.45, 7) is 12.6. The Balaban J connectivity index is 1.65. The molecule has 0 amide bonds. The molecule has 4 nitrogen and oxygen atoms in total. The van der Waals surface area contributed by atoms with E-state index in [1.54, 1.807) is 0 Å². The zero-order valence-electron chi connectivity index (χ0n) is 17.0. The van der Waals surface area contributed by atoms with Gasteiger partial charge in [-0.05, 0) is 75.5 Å². The third-order valence-corrected chi connectivity index (χ3v) is 4.73. The summed E-state index contributed by atoms with van der Waals surface area (Å²) in [6.07, 6.45) is 6.21. The minimum atomic E-state index is 0.523. The Morgan fingerprint density at radius 2 is 1.92 bits per heavy atom. The lowest BCUT2D eigenvalue weighted by atomic mass is 10.0. The van der Waals surface area contributed by atoms with Crippen LogP contribution in [-0.4, -0.2) is 35.0 Å². The van der Waals surface area contributed by atoms with Crippen LogP contribution in [0.5, 0.6) is 0 Å². The number of pyridine rings is 2. The second kappa shape index (κ2) is 10.4. The minimum Gasteiger partial charge on any atom is -0.311 e. The average Bonchev–Trinajstić information content (AvgIpc) is 2.59. The highest BCUT2D eigenvalue weighted by atomic mass is 15.1. The standard InChI is InChI=1S/C22H34N4/c1-17(2)20-9-8-11-24-22(20)16-26(5)12-7-6-10-23-15-21-19(4)13-18(3)14-25-21/h8-9,11,13-14,17,23H,6-7,10,12,15-16H2,1-5H3. The Kier molecular flexibility index (Phi) is 8.20. The molecule has 0 aliphatic rings. The lowest BCUT2D eigenvalue weighted by molar-refractivity contribution is 0.312. The summed E-state index contributed by atoms with van der Waals surface area (Å²) in [4.78, 5) is 11.5. The van der Waals surface area contributed by atoms with Crippen molar-refractivity contribution in [1.29, 1.82) is 0 Å². The molecule has 142 valence electrons. The van der Waals surface area contributed by atoms with Gasteiger partial charge in [0.05, 0.1) is 11.4 Å². The number of hydrogen-bond acceptors (Lipinski definition) is 4. The molecule has 4 heteroatoms. The van der Waals surface area contributed by atoms with Crippen LogP contribution in [0.15, 0.2) is 30.6 Å². The van der Waals surface area contributed by atoms with Crippen molar-refractivity contribution in [3.8, 4) is 0 Å². The molecule has 2 rings (SSSR count). The van der Waals surface area contributed by atoms with Crippen LogP contribution in [-0.2, 0) is 13.1 Å². The van der Waals surface area contributed by atoms with Crippen LogP contribution in [0.3, 0.4) is 0 Å². The van der Waals surface area contributed by atoms with E-state index in [-0.39, 0.29) is 0 Å². The molecular formula is C22H34N4. The fraction of sp³-hybridized carbons (Fsp3) is 0.545. The van der Waals surface area contributed by atoms with Crippen molar-refractivity contribution in [1.82, 2.24) is 20.2 Å². The van der Waals surface area contributed by atoms with E-state index in [2.05, 4.69) is 67.1 Å². The molecule has 0 spiro atoms. The van der Waals surface area contributed by atoms with Crippen LogP contribution in [0, 0.1) is 13.8 Å². The Hall–Kier alpha value is -1.78. The van der Waals surface area contributed by atoms with Gasteiger partial charge in [0.25, 0.3) is 0 Å². The molecule has 0 aromatic carbocycles. The highest BCUT2D eigenvalue weighted by Crippen LogP contribution is 2.18. The fourth-order valence-electron chi connectivity index (χ4n) is 3.21. The topological polar surface area (TPSA) is 41.1 Å². The summed E-state index contributed by atoms with van der Waals surface area (Å²) < 4.78 is 0. The quantitative estimate of drug-likeness (QED) is 0.649. The van der Waals surface area contributed by atoms with E-state index in [0.29, 0.717) is 5.92 Å². The molecule has 2 heterocycles. The number of aromatic nitrogens is 2. The van der Waals surface area contributed by atoms with Gasteiger partial charge >= 0.3 is 0 Å². The van der Waals surface area contributed by atoms with E-state index < -0.39 is 0 Å². The van der Waals surface area contributed by atoms with Crippen LogP contribution in [0.2, 0.25) is 0 Å². The van der Waals surface area contributed by atoms with Crippen molar-refractivity contribution >= 4 is 0 Å². The molecule has 0 aliphatic heterocycles. The molecule has 0 aliphatic carbocycles. The van der Waals surface area contributed by atoms with Gasteiger partial charge in [-0.1, -0.05) is 26.0 Å². The van der Waals surface area contributed by atoms with Gasteiger partial charge in [0, 0.05) is 25.5 Å². The van der Waals surface area contributed by atoms with E-state index in [0.717, 1.165) is 31.9 Å². The zero-order valence-corrected chi connectivity index (χ0v) is 17.0. The lowest BCUT2D eigenvalue weighted by Gasteiger charge is -2.19. The number of unbranched alkanes of at least 4 members (excludes halogenated alkanes) is 1. The summed E-state index contributed by atoms with van der Waals surface area (Å²) >= 11 is 0. The number of aryl methyl sites for hydroxylation is 2. The van der Waals surface area contributed by atoms with Crippen molar-refractivity contribution in [3.05, 3.63) is 58.7 Å². The Morgan fingerprint density at radius 1 is 1.12 bits per heavy atom. The van der Waals surface area contributed by atoms with Crippen LogP contribution in [0.4, 0.5) is 0 Å². The van der Waals surface area contributed by atoms with Gasteiger partial charge in [-0.3, -0.25) is 9.97 Å². The predicted octanol–water partition coefficient (Wildman–Crippen LogP) is 4.22. The third-order valence-electron chi connectivity index (χ3n) is 4.73.